The molecule has 1 rings (SSSR count). The topological polar surface area (TPSA) is 12.5 Å². The van der Waals surface area contributed by atoms with Gasteiger partial charge >= 0.3 is 0 Å². The lowest BCUT2D eigenvalue weighted by atomic mass is 9.78. The largest absolute Gasteiger partial charge is 0.379 e. The third kappa shape index (κ3) is 3.58. The van der Waals surface area contributed by atoms with Gasteiger partial charge in [0.25, 0.3) is 0 Å². The molecule has 0 N–H and O–H groups in total. The van der Waals surface area contributed by atoms with Gasteiger partial charge in [-0.3, -0.25) is 4.90 Å². The summed E-state index contributed by atoms with van der Waals surface area (Å²) in [4.78, 5) is 2.52. The van der Waals surface area contributed by atoms with Crippen LogP contribution < -0.4 is 0 Å². The number of morpholine rings is 1. The minimum absolute atomic E-state index is 0.471. The van der Waals surface area contributed by atoms with Crippen molar-refractivity contribution in [3.63, 3.8) is 0 Å². The molecule has 0 saturated carbocycles. The molecule has 1 aliphatic heterocycles. The van der Waals surface area contributed by atoms with E-state index in [4.69, 9.17) is 4.74 Å². The minimum Gasteiger partial charge on any atom is -0.379 e. The Balaban J connectivity index is 2.24. The van der Waals surface area contributed by atoms with Crippen molar-refractivity contribution in [1.29, 1.82) is 0 Å². The van der Waals surface area contributed by atoms with Crippen LogP contribution in [0.15, 0.2) is 0 Å². The van der Waals surface area contributed by atoms with Crippen molar-refractivity contribution in [2.45, 2.75) is 34.1 Å². The van der Waals surface area contributed by atoms with Gasteiger partial charge in [-0.25, -0.2) is 0 Å². The van der Waals surface area contributed by atoms with Gasteiger partial charge in [-0.2, -0.15) is 0 Å². The molecule has 0 spiro atoms. The van der Waals surface area contributed by atoms with Crippen molar-refractivity contribution in [2.75, 3.05) is 32.8 Å². The fourth-order valence-electron chi connectivity index (χ4n) is 1.56. The molecule has 2 nitrogen and oxygen atoms in total. The van der Waals surface area contributed by atoms with E-state index in [1.807, 2.05) is 0 Å². The summed E-state index contributed by atoms with van der Waals surface area (Å²) >= 11 is 0. The van der Waals surface area contributed by atoms with Crippen molar-refractivity contribution < 1.29 is 4.74 Å². The maximum atomic E-state index is 5.34. The molecule has 1 aliphatic rings. The second-order valence-electron chi connectivity index (χ2n) is 5.35. The monoisotopic (exact) mass is 199 g/mol. The van der Waals surface area contributed by atoms with E-state index in [9.17, 15) is 0 Å². The SMILES string of the molecule is CC(C)C(C)(C)CCN1CCOCC1. The standard InChI is InChI=1S/C12H25NO/c1-11(2)12(3,4)5-6-13-7-9-14-10-8-13/h11H,5-10H2,1-4H3. The second-order valence-corrected chi connectivity index (χ2v) is 5.35. The number of hydrogen-bond donors (Lipinski definition) is 0. The molecule has 1 heterocycles. The van der Waals surface area contributed by atoms with Crippen LogP contribution in [-0.4, -0.2) is 37.7 Å². The van der Waals surface area contributed by atoms with E-state index in [0.717, 1.165) is 32.2 Å². The highest BCUT2D eigenvalue weighted by Crippen LogP contribution is 2.30. The van der Waals surface area contributed by atoms with Crippen LogP contribution in [0.5, 0.6) is 0 Å². The van der Waals surface area contributed by atoms with Crippen LogP contribution in [0.25, 0.3) is 0 Å². The third-order valence-electron chi connectivity index (χ3n) is 3.74. The molecule has 1 fully saturated rings. The molecule has 0 radical (unpaired) electrons. The van der Waals surface area contributed by atoms with Crippen LogP contribution in [-0.2, 0) is 4.74 Å². The molecule has 0 atom stereocenters. The Kier molecular flexibility index (Phi) is 4.39. The van der Waals surface area contributed by atoms with Crippen molar-refractivity contribution in [3.05, 3.63) is 0 Å². The summed E-state index contributed by atoms with van der Waals surface area (Å²) in [6.45, 7) is 14.7. The normalized spacial score (nSPS) is 20.4. The number of hydrogen-bond acceptors (Lipinski definition) is 2. The Morgan fingerprint density at radius 2 is 1.79 bits per heavy atom. The first-order chi connectivity index (χ1) is 6.52. The van der Waals surface area contributed by atoms with Gasteiger partial charge in [0.15, 0.2) is 0 Å². The molecular weight excluding hydrogens is 174 g/mol. The zero-order valence-corrected chi connectivity index (χ0v) is 10.2. The van der Waals surface area contributed by atoms with Crippen LogP contribution in [0.3, 0.4) is 0 Å². The lowest BCUT2D eigenvalue weighted by molar-refractivity contribution is 0.0301. The maximum absolute atomic E-state index is 5.34. The first-order valence-electron chi connectivity index (χ1n) is 5.82. The van der Waals surface area contributed by atoms with Gasteiger partial charge in [-0.05, 0) is 24.3 Å². The highest BCUT2D eigenvalue weighted by Gasteiger charge is 2.23. The van der Waals surface area contributed by atoms with Gasteiger partial charge in [0.1, 0.15) is 0 Å². The molecule has 0 bridgehead atoms. The molecule has 0 aromatic carbocycles. The fourth-order valence-corrected chi connectivity index (χ4v) is 1.56. The first-order valence-corrected chi connectivity index (χ1v) is 5.82. The molecule has 0 unspecified atom stereocenters. The smallest absolute Gasteiger partial charge is 0.0594 e. The molecule has 14 heavy (non-hydrogen) atoms. The summed E-state index contributed by atoms with van der Waals surface area (Å²) in [5, 5.41) is 0. The van der Waals surface area contributed by atoms with Gasteiger partial charge < -0.3 is 4.74 Å². The maximum Gasteiger partial charge on any atom is 0.0594 e. The third-order valence-corrected chi connectivity index (χ3v) is 3.74. The molecule has 1 saturated heterocycles. The average Bonchev–Trinajstić information content (AvgIpc) is 2.16. The Morgan fingerprint density at radius 3 is 2.29 bits per heavy atom. The Morgan fingerprint density at radius 1 is 1.21 bits per heavy atom. The van der Waals surface area contributed by atoms with Crippen molar-refractivity contribution in [3.8, 4) is 0 Å². The Bertz CT molecular complexity index is 160. The number of rotatable bonds is 4. The summed E-state index contributed by atoms with van der Waals surface area (Å²) in [5.41, 5.74) is 0.471. The Labute approximate surface area is 88.6 Å². The van der Waals surface area contributed by atoms with Crippen molar-refractivity contribution >= 4 is 0 Å². The zero-order valence-electron chi connectivity index (χ0n) is 10.2. The van der Waals surface area contributed by atoms with Crippen LogP contribution in [0.2, 0.25) is 0 Å². The van der Waals surface area contributed by atoms with Gasteiger partial charge in [0, 0.05) is 13.1 Å². The average molecular weight is 199 g/mol. The van der Waals surface area contributed by atoms with Crippen molar-refractivity contribution in [1.82, 2.24) is 4.90 Å². The van der Waals surface area contributed by atoms with Crippen molar-refractivity contribution in [2.24, 2.45) is 11.3 Å². The van der Waals surface area contributed by atoms with Crippen LogP contribution in [0.1, 0.15) is 34.1 Å². The van der Waals surface area contributed by atoms with E-state index in [-0.39, 0.29) is 0 Å². The van der Waals surface area contributed by atoms with E-state index in [1.165, 1.54) is 13.0 Å². The molecule has 0 amide bonds. The highest BCUT2D eigenvalue weighted by molar-refractivity contribution is 4.75. The fraction of sp³-hybridized carbons (Fsp3) is 1.00. The molecular formula is C12H25NO. The minimum atomic E-state index is 0.471. The summed E-state index contributed by atoms with van der Waals surface area (Å²) in [6, 6.07) is 0. The van der Waals surface area contributed by atoms with E-state index in [1.54, 1.807) is 0 Å². The van der Waals surface area contributed by atoms with E-state index >= 15 is 0 Å². The predicted octanol–water partition coefficient (Wildman–Crippen LogP) is 2.39. The number of ether oxygens (including phenoxy) is 1. The van der Waals surface area contributed by atoms with E-state index in [2.05, 4.69) is 32.6 Å². The predicted molar refractivity (Wildman–Crippen MR) is 60.5 cm³/mol. The van der Waals surface area contributed by atoms with E-state index < -0.39 is 0 Å². The van der Waals surface area contributed by atoms with Gasteiger partial charge in [0.05, 0.1) is 13.2 Å². The van der Waals surface area contributed by atoms with Crippen LogP contribution in [0.4, 0.5) is 0 Å². The Hall–Kier alpha value is -0.0800. The molecule has 0 aromatic rings. The summed E-state index contributed by atoms with van der Waals surface area (Å²) in [6.07, 6.45) is 1.30. The summed E-state index contributed by atoms with van der Waals surface area (Å²) in [7, 11) is 0. The zero-order chi connectivity index (χ0) is 10.6. The molecule has 0 aromatic heterocycles. The van der Waals surface area contributed by atoms with Crippen LogP contribution >= 0.6 is 0 Å². The molecule has 2 heteroatoms. The summed E-state index contributed by atoms with van der Waals surface area (Å²) < 4.78 is 5.34. The molecule has 0 aliphatic carbocycles. The lowest BCUT2D eigenvalue weighted by Gasteiger charge is -2.33. The quantitative estimate of drug-likeness (QED) is 0.689. The van der Waals surface area contributed by atoms with Gasteiger partial charge in [-0.1, -0.05) is 27.7 Å². The number of nitrogens with zero attached hydrogens (tertiary/aromatic N) is 1. The summed E-state index contributed by atoms with van der Waals surface area (Å²) in [5.74, 6) is 0.767. The van der Waals surface area contributed by atoms with Gasteiger partial charge in [0.2, 0.25) is 0 Å². The highest BCUT2D eigenvalue weighted by atomic mass is 16.5. The van der Waals surface area contributed by atoms with Gasteiger partial charge in [-0.15, -0.1) is 0 Å². The van der Waals surface area contributed by atoms with Crippen LogP contribution in [0, 0.1) is 11.3 Å². The second kappa shape index (κ2) is 5.13. The molecule has 84 valence electrons. The first kappa shape index (κ1) is 12.0. The lowest BCUT2D eigenvalue weighted by Crippen LogP contribution is -2.38. The van der Waals surface area contributed by atoms with E-state index in [0.29, 0.717) is 5.41 Å².